The van der Waals surface area contributed by atoms with Crippen LogP contribution in [-0.2, 0) is 6.54 Å². The molecule has 0 aliphatic rings. The minimum atomic E-state index is 0.599. The predicted molar refractivity (Wildman–Crippen MR) is 71.1 cm³/mol. The fourth-order valence-electron chi connectivity index (χ4n) is 1.83. The number of aryl methyl sites for hydroxylation is 1. The molecule has 4 nitrogen and oxygen atoms in total. The minimum Gasteiger partial charge on any atom is -0.464 e. The first-order chi connectivity index (χ1) is 8.60. The molecule has 0 saturated heterocycles. The third kappa shape index (κ3) is 2.46. The standard InChI is InChI=1S/C14H15N3O/c1-10-3-5-12(18-10)9-17(2)14-7-11(8-15)4-6-13(14)16/h3-7H,9,16H2,1-2H3. The van der Waals surface area contributed by atoms with Crippen molar-refractivity contribution in [3.63, 3.8) is 0 Å². The van der Waals surface area contributed by atoms with Crippen molar-refractivity contribution in [1.82, 2.24) is 0 Å². The van der Waals surface area contributed by atoms with E-state index >= 15 is 0 Å². The van der Waals surface area contributed by atoms with Crippen LogP contribution in [0.2, 0.25) is 0 Å². The highest BCUT2D eigenvalue weighted by atomic mass is 16.3. The smallest absolute Gasteiger partial charge is 0.123 e. The summed E-state index contributed by atoms with van der Waals surface area (Å²) in [5, 5.41) is 8.90. The Bertz CT molecular complexity index is 595. The number of hydrogen-bond donors (Lipinski definition) is 1. The fraction of sp³-hybridized carbons (Fsp3) is 0.214. The van der Waals surface area contributed by atoms with Gasteiger partial charge in [-0.25, -0.2) is 0 Å². The second-order valence-electron chi connectivity index (χ2n) is 4.25. The largest absolute Gasteiger partial charge is 0.464 e. The van der Waals surface area contributed by atoms with Gasteiger partial charge in [0.25, 0.3) is 0 Å². The molecule has 0 amide bonds. The number of nitrogens with zero attached hydrogens (tertiary/aromatic N) is 2. The second-order valence-corrected chi connectivity index (χ2v) is 4.25. The summed E-state index contributed by atoms with van der Waals surface area (Å²) in [6.07, 6.45) is 0. The maximum atomic E-state index is 8.90. The fourth-order valence-corrected chi connectivity index (χ4v) is 1.83. The van der Waals surface area contributed by atoms with Crippen LogP contribution in [0.4, 0.5) is 11.4 Å². The summed E-state index contributed by atoms with van der Waals surface area (Å²) >= 11 is 0. The van der Waals surface area contributed by atoms with Crippen molar-refractivity contribution < 1.29 is 4.42 Å². The molecule has 2 rings (SSSR count). The maximum Gasteiger partial charge on any atom is 0.123 e. The lowest BCUT2D eigenvalue weighted by atomic mass is 10.1. The average molecular weight is 241 g/mol. The molecular formula is C14H15N3O. The zero-order valence-electron chi connectivity index (χ0n) is 10.5. The van der Waals surface area contributed by atoms with Gasteiger partial charge in [0, 0.05) is 7.05 Å². The van der Waals surface area contributed by atoms with Gasteiger partial charge in [0.15, 0.2) is 0 Å². The van der Waals surface area contributed by atoms with E-state index in [0.29, 0.717) is 17.8 Å². The van der Waals surface area contributed by atoms with Crippen molar-refractivity contribution in [1.29, 1.82) is 5.26 Å². The molecule has 18 heavy (non-hydrogen) atoms. The van der Waals surface area contributed by atoms with Crippen molar-refractivity contribution in [3.05, 3.63) is 47.4 Å². The highest BCUT2D eigenvalue weighted by Crippen LogP contribution is 2.25. The van der Waals surface area contributed by atoms with Gasteiger partial charge in [-0.3, -0.25) is 0 Å². The lowest BCUT2D eigenvalue weighted by molar-refractivity contribution is 0.482. The summed E-state index contributed by atoms with van der Waals surface area (Å²) in [7, 11) is 1.92. The first-order valence-electron chi connectivity index (χ1n) is 5.66. The molecule has 1 aromatic heterocycles. The lowest BCUT2D eigenvalue weighted by Crippen LogP contribution is -2.17. The zero-order chi connectivity index (χ0) is 13.1. The third-order valence-electron chi connectivity index (χ3n) is 2.76. The molecule has 0 spiro atoms. The molecule has 0 aliphatic heterocycles. The number of hydrogen-bond acceptors (Lipinski definition) is 4. The van der Waals surface area contributed by atoms with E-state index in [-0.39, 0.29) is 0 Å². The van der Waals surface area contributed by atoms with Crippen molar-refractivity contribution in [2.24, 2.45) is 0 Å². The van der Waals surface area contributed by atoms with E-state index in [4.69, 9.17) is 15.4 Å². The van der Waals surface area contributed by atoms with Crippen molar-refractivity contribution in [2.75, 3.05) is 17.7 Å². The van der Waals surface area contributed by atoms with Gasteiger partial charge >= 0.3 is 0 Å². The van der Waals surface area contributed by atoms with E-state index in [0.717, 1.165) is 17.2 Å². The Hall–Kier alpha value is -2.41. The molecule has 0 unspecified atom stereocenters. The molecule has 92 valence electrons. The van der Waals surface area contributed by atoms with E-state index in [1.165, 1.54) is 0 Å². The summed E-state index contributed by atoms with van der Waals surface area (Å²) in [6.45, 7) is 2.53. The molecule has 0 bridgehead atoms. The number of anilines is 2. The number of benzene rings is 1. The molecule has 0 saturated carbocycles. The second kappa shape index (κ2) is 4.84. The molecule has 0 aliphatic carbocycles. The Morgan fingerprint density at radius 2 is 2.11 bits per heavy atom. The van der Waals surface area contributed by atoms with Gasteiger partial charge in [-0.05, 0) is 37.3 Å². The lowest BCUT2D eigenvalue weighted by Gasteiger charge is -2.20. The van der Waals surface area contributed by atoms with Crippen LogP contribution < -0.4 is 10.6 Å². The summed E-state index contributed by atoms with van der Waals surface area (Å²) in [6, 6.07) is 11.2. The van der Waals surface area contributed by atoms with E-state index < -0.39 is 0 Å². The molecule has 2 N–H and O–H groups in total. The number of furan rings is 1. The van der Waals surface area contributed by atoms with E-state index in [2.05, 4.69) is 6.07 Å². The quantitative estimate of drug-likeness (QED) is 0.839. The van der Waals surface area contributed by atoms with Crippen LogP contribution in [0.15, 0.2) is 34.7 Å². The normalized spacial score (nSPS) is 10.1. The zero-order valence-corrected chi connectivity index (χ0v) is 10.5. The molecule has 2 aromatic rings. The van der Waals surface area contributed by atoms with E-state index in [1.807, 2.05) is 31.0 Å². The summed E-state index contributed by atoms with van der Waals surface area (Å²) < 4.78 is 5.52. The van der Waals surface area contributed by atoms with Gasteiger partial charge in [-0.15, -0.1) is 0 Å². The number of nitrogens with two attached hydrogens (primary N) is 1. The van der Waals surface area contributed by atoms with Gasteiger partial charge in [-0.1, -0.05) is 0 Å². The average Bonchev–Trinajstić information content (AvgIpc) is 2.75. The van der Waals surface area contributed by atoms with Crippen LogP contribution >= 0.6 is 0 Å². The SMILES string of the molecule is Cc1ccc(CN(C)c2cc(C#N)ccc2N)o1. The number of rotatable bonds is 3. The Balaban J connectivity index is 2.23. The van der Waals surface area contributed by atoms with Gasteiger partial charge in [0.05, 0.1) is 29.6 Å². The Labute approximate surface area is 106 Å². The summed E-state index contributed by atoms with van der Waals surface area (Å²) in [5.74, 6) is 1.76. The van der Waals surface area contributed by atoms with Crippen LogP contribution in [-0.4, -0.2) is 7.05 Å². The highest BCUT2D eigenvalue weighted by Gasteiger charge is 2.09. The topological polar surface area (TPSA) is 66.2 Å². The molecular weight excluding hydrogens is 226 g/mol. The van der Waals surface area contributed by atoms with Gasteiger partial charge in [-0.2, -0.15) is 5.26 Å². The Morgan fingerprint density at radius 3 is 2.72 bits per heavy atom. The molecule has 1 heterocycles. The maximum absolute atomic E-state index is 8.90. The predicted octanol–water partition coefficient (Wildman–Crippen LogP) is 2.68. The first kappa shape index (κ1) is 12.1. The minimum absolute atomic E-state index is 0.599. The highest BCUT2D eigenvalue weighted by molar-refractivity contribution is 5.69. The Kier molecular flexibility index (Phi) is 3.24. The van der Waals surface area contributed by atoms with Gasteiger partial charge in [0.1, 0.15) is 11.5 Å². The molecule has 4 heteroatoms. The number of nitrogen functional groups attached to an aromatic ring is 1. The van der Waals surface area contributed by atoms with Crippen molar-refractivity contribution >= 4 is 11.4 Å². The first-order valence-corrected chi connectivity index (χ1v) is 5.66. The van der Waals surface area contributed by atoms with Crippen LogP contribution in [0.25, 0.3) is 0 Å². The van der Waals surface area contributed by atoms with Crippen LogP contribution in [0.3, 0.4) is 0 Å². The monoisotopic (exact) mass is 241 g/mol. The summed E-state index contributed by atoms with van der Waals surface area (Å²) in [4.78, 5) is 1.97. The van der Waals surface area contributed by atoms with Crippen LogP contribution in [0.5, 0.6) is 0 Å². The molecule has 0 radical (unpaired) electrons. The van der Waals surface area contributed by atoms with Crippen LogP contribution in [0, 0.1) is 18.3 Å². The van der Waals surface area contributed by atoms with Crippen LogP contribution in [0.1, 0.15) is 17.1 Å². The van der Waals surface area contributed by atoms with E-state index in [1.54, 1.807) is 18.2 Å². The van der Waals surface area contributed by atoms with Crippen molar-refractivity contribution in [2.45, 2.75) is 13.5 Å². The molecule has 1 aromatic carbocycles. The van der Waals surface area contributed by atoms with Gasteiger partial charge < -0.3 is 15.1 Å². The van der Waals surface area contributed by atoms with Crippen molar-refractivity contribution in [3.8, 4) is 6.07 Å². The van der Waals surface area contributed by atoms with Gasteiger partial charge in [0.2, 0.25) is 0 Å². The Morgan fingerprint density at radius 1 is 1.33 bits per heavy atom. The third-order valence-corrected chi connectivity index (χ3v) is 2.76. The summed E-state index contributed by atoms with van der Waals surface area (Å²) in [5.41, 5.74) is 8.01. The van der Waals surface area contributed by atoms with E-state index in [9.17, 15) is 0 Å². The molecule has 0 atom stereocenters. The molecule has 0 fully saturated rings. The number of nitriles is 1.